The molecule has 0 unspecified atom stereocenters. The van der Waals surface area contributed by atoms with Gasteiger partial charge in [0, 0.05) is 11.1 Å². The Balaban J connectivity index is 1.76. The Labute approximate surface area is 129 Å². The Kier molecular flexibility index (Phi) is 3.92. The minimum atomic E-state index is -0.492. The molecule has 1 aliphatic carbocycles. The predicted octanol–water partition coefficient (Wildman–Crippen LogP) is 2.59. The first-order chi connectivity index (χ1) is 10.6. The summed E-state index contributed by atoms with van der Waals surface area (Å²) in [5, 5.41) is 3.08. The number of carbonyl (C=O) groups excluding carboxylic acids is 2. The van der Waals surface area contributed by atoms with Crippen molar-refractivity contribution in [3.05, 3.63) is 70.8 Å². The second-order valence-electron chi connectivity index (χ2n) is 5.56. The summed E-state index contributed by atoms with van der Waals surface area (Å²) < 4.78 is 0. The molecule has 4 nitrogen and oxygen atoms in total. The summed E-state index contributed by atoms with van der Waals surface area (Å²) in [6.07, 6.45) is 3.08. The number of fused-ring (bicyclic) bond motifs is 1. The first-order valence-corrected chi connectivity index (χ1v) is 7.43. The average Bonchev–Trinajstić information content (AvgIpc) is 2.55. The first kappa shape index (κ1) is 14.3. The van der Waals surface area contributed by atoms with Gasteiger partial charge < -0.3 is 11.1 Å². The molecule has 112 valence electrons. The minimum absolute atomic E-state index is 0.0493. The fraction of sp³-hybridized carbons (Fsp3) is 0.222. The fourth-order valence-electron chi connectivity index (χ4n) is 2.93. The molecule has 0 aliphatic heterocycles. The van der Waals surface area contributed by atoms with Gasteiger partial charge in [-0.15, -0.1) is 0 Å². The molecule has 1 aliphatic rings. The zero-order valence-corrected chi connectivity index (χ0v) is 12.2. The van der Waals surface area contributed by atoms with E-state index in [1.54, 1.807) is 24.3 Å². The molecule has 0 saturated heterocycles. The smallest absolute Gasteiger partial charge is 0.251 e. The quantitative estimate of drug-likeness (QED) is 0.913. The van der Waals surface area contributed by atoms with Crippen molar-refractivity contribution in [2.45, 2.75) is 25.3 Å². The van der Waals surface area contributed by atoms with Gasteiger partial charge in [-0.05, 0) is 54.7 Å². The highest BCUT2D eigenvalue weighted by atomic mass is 16.2. The van der Waals surface area contributed by atoms with E-state index in [0.717, 1.165) is 19.3 Å². The SMILES string of the molecule is NC(=O)c1ccc(C(=O)N[C@H]2CCCc3ccccc32)cc1. The molecule has 0 fully saturated rings. The van der Waals surface area contributed by atoms with Crippen molar-refractivity contribution in [1.82, 2.24) is 5.32 Å². The fourth-order valence-corrected chi connectivity index (χ4v) is 2.93. The Hall–Kier alpha value is -2.62. The van der Waals surface area contributed by atoms with Crippen molar-refractivity contribution >= 4 is 11.8 Å². The summed E-state index contributed by atoms with van der Waals surface area (Å²) in [5.74, 6) is -0.620. The van der Waals surface area contributed by atoms with Gasteiger partial charge in [0.1, 0.15) is 0 Å². The van der Waals surface area contributed by atoms with E-state index in [2.05, 4.69) is 17.4 Å². The maximum absolute atomic E-state index is 12.4. The number of amides is 2. The molecule has 4 heteroatoms. The van der Waals surface area contributed by atoms with Crippen LogP contribution in [0.2, 0.25) is 0 Å². The zero-order chi connectivity index (χ0) is 15.5. The molecule has 2 aromatic carbocycles. The van der Waals surface area contributed by atoms with Crippen LogP contribution in [0, 0.1) is 0 Å². The van der Waals surface area contributed by atoms with Gasteiger partial charge in [-0.3, -0.25) is 9.59 Å². The molecule has 2 aromatic rings. The summed E-state index contributed by atoms with van der Waals surface area (Å²) in [7, 11) is 0. The third kappa shape index (κ3) is 2.86. The second kappa shape index (κ2) is 6.02. The molecule has 3 N–H and O–H groups in total. The van der Waals surface area contributed by atoms with Crippen molar-refractivity contribution < 1.29 is 9.59 Å². The third-order valence-electron chi connectivity index (χ3n) is 4.11. The Morgan fingerprint density at radius 3 is 2.41 bits per heavy atom. The van der Waals surface area contributed by atoms with E-state index in [9.17, 15) is 9.59 Å². The van der Waals surface area contributed by atoms with Gasteiger partial charge in [-0.25, -0.2) is 0 Å². The number of nitrogens with two attached hydrogens (primary N) is 1. The predicted molar refractivity (Wildman–Crippen MR) is 84.5 cm³/mol. The van der Waals surface area contributed by atoms with Gasteiger partial charge in [0.05, 0.1) is 6.04 Å². The van der Waals surface area contributed by atoms with Gasteiger partial charge in [0.2, 0.25) is 5.91 Å². The number of hydrogen-bond acceptors (Lipinski definition) is 2. The minimum Gasteiger partial charge on any atom is -0.366 e. The number of benzene rings is 2. The van der Waals surface area contributed by atoms with Crippen LogP contribution in [0.15, 0.2) is 48.5 Å². The average molecular weight is 294 g/mol. The van der Waals surface area contributed by atoms with E-state index >= 15 is 0 Å². The number of carbonyl (C=O) groups is 2. The lowest BCUT2D eigenvalue weighted by Crippen LogP contribution is -2.31. The molecular weight excluding hydrogens is 276 g/mol. The van der Waals surface area contributed by atoms with Gasteiger partial charge in [0.15, 0.2) is 0 Å². The molecule has 2 amide bonds. The normalized spacial score (nSPS) is 16.6. The molecule has 0 heterocycles. The molecular formula is C18H18N2O2. The van der Waals surface area contributed by atoms with Crippen molar-refractivity contribution in [1.29, 1.82) is 0 Å². The third-order valence-corrected chi connectivity index (χ3v) is 4.11. The Bertz CT molecular complexity index is 707. The molecule has 1 atom stereocenters. The van der Waals surface area contributed by atoms with Crippen LogP contribution in [0.25, 0.3) is 0 Å². The summed E-state index contributed by atoms with van der Waals surface area (Å²) >= 11 is 0. The molecule has 0 spiro atoms. The van der Waals surface area contributed by atoms with Gasteiger partial charge >= 0.3 is 0 Å². The van der Waals surface area contributed by atoms with Crippen LogP contribution in [-0.2, 0) is 6.42 Å². The van der Waals surface area contributed by atoms with Crippen LogP contribution < -0.4 is 11.1 Å². The van der Waals surface area contributed by atoms with Gasteiger partial charge in [-0.2, -0.15) is 0 Å². The summed E-state index contributed by atoms with van der Waals surface area (Å²) in [6, 6.07) is 14.7. The van der Waals surface area contributed by atoms with Crippen molar-refractivity contribution in [2.24, 2.45) is 5.73 Å². The van der Waals surface area contributed by atoms with E-state index < -0.39 is 5.91 Å². The van der Waals surface area contributed by atoms with Crippen LogP contribution in [0.5, 0.6) is 0 Å². The van der Waals surface area contributed by atoms with E-state index in [-0.39, 0.29) is 11.9 Å². The van der Waals surface area contributed by atoms with Gasteiger partial charge in [0.25, 0.3) is 5.91 Å². The number of primary amides is 1. The molecule has 0 radical (unpaired) electrons. The number of hydrogen-bond donors (Lipinski definition) is 2. The number of rotatable bonds is 3. The lowest BCUT2D eigenvalue weighted by molar-refractivity contribution is 0.0930. The van der Waals surface area contributed by atoms with Crippen molar-refractivity contribution in [3.8, 4) is 0 Å². The maximum atomic E-state index is 12.4. The van der Waals surface area contributed by atoms with Crippen LogP contribution in [0.4, 0.5) is 0 Å². The summed E-state index contributed by atoms with van der Waals surface area (Å²) in [5.41, 5.74) is 8.65. The van der Waals surface area contributed by atoms with E-state index in [4.69, 9.17) is 5.73 Å². The molecule has 3 rings (SSSR count). The Morgan fingerprint density at radius 1 is 1.00 bits per heavy atom. The lowest BCUT2D eigenvalue weighted by Gasteiger charge is -2.26. The van der Waals surface area contributed by atoms with Crippen LogP contribution in [0.1, 0.15) is 50.7 Å². The van der Waals surface area contributed by atoms with E-state index in [0.29, 0.717) is 11.1 Å². The highest BCUT2D eigenvalue weighted by Gasteiger charge is 2.21. The summed E-state index contributed by atoms with van der Waals surface area (Å²) in [4.78, 5) is 23.4. The highest BCUT2D eigenvalue weighted by Crippen LogP contribution is 2.29. The molecule has 0 aromatic heterocycles. The summed E-state index contributed by atoms with van der Waals surface area (Å²) in [6.45, 7) is 0. The second-order valence-corrected chi connectivity index (χ2v) is 5.56. The lowest BCUT2D eigenvalue weighted by atomic mass is 9.87. The largest absolute Gasteiger partial charge is 0.366 e. The van der Waals surface area contributed by atoms with Crippen LogP contribution >= 0.6 is 0 Å². The number of nitrogens with one attached hydrogen (secondary N) is 1. The van der Waals surface area contributed by atoms with Crippen LogP contribution in [0.3, 0.4) is 0 Å². The van der Waals surface area contributed by atoms with E-state index in [1.165, 1.54) is 11.1 Å². The van der Waals surface area contributed by atoms with Gasteiger partial charge in [-0.1, -0.05) is 24.3 Å². The molecule has 0 saturated carbocycles. The standard InChI is InChI=1S/C18H18N2O2/c19-17(21)13-8-10-14(11-9-13)18(22)20-16-7-3-5-12-4-1-2-6-15(12)16/h1-2,4,6,8-11,16H,3,5,7H2,(H2,19,21)(H,20,22)/t16-/m0/s1. The highest BCUT2D eigenvalue weighted by molar-refractivity contribution is 5.97. The monoisotopic (exact) mass is 294 g/mol. The van der Waals surface area contributed by atoms with Crippen molar-refractivity contribution in [3.63, 3.8) is 0 Å². The topological polar surface area (TPSA) is 72.2 Å². The van der Waals surface area contributed by atoms with E-state index in [1.807, 2.05) is 12.1 Å². The Morgan fingerprint density at radius 2 is 1.68 bits per heavy atom. The molecule has 0 bridgehead atoms. The molecule has 22 heavy (non-hydrogen) atoms. The zero-order valence-electron chi connectivity index (χ0n) is 12.2. The number of aryl methyl sites for hydroxylation is 1. The van der Waals surface area contributed by atoms with Crippen LogP contribution in [-0.4, -0.2) is 11.8 Å². The maximum Gasteiger partial charge on any atom is 0.251 e. The first-order valence-electron chi connectivity index (χ1n) is 7.43. The van der Waals surface area contributed by atoms with Crippen molar-refractivity contribution in [2.75, 3.05) is 0 Å².